The number of nitrogens with one attached hydrogen (secondary N) is 2. The summed E-state index contributed by atoms with van der Waals surface area (Å²) in [5, 5.41) is 3.57. The third-order valence-corrected chi connectivity index (χ3v) is 5.22. The first-order valence-corrected chi connectivity index (χ1v) is 9.84. The van der Waals surface area contributed by atoms with Crippen molar-refractivity contribution in [1.82, 2.24) is 29.5 Å². The van der Waals surface area contributed by atoms with Crippen molar-refractivity contribution in [2.45, 2.75) is 19.9 Å². The lowest BCUT2D eigenvalue weighted by molar-refractivity contribution is 0.544. The van der Waals surface area contributed by atoms with Gasteiger partial charge in [-0.2, -0.15) is 14.4 Å². The zero-order valence-corrected chi connectivity index (χ0v) is 17.1. The maximum atomic E-state index is 13.9. The van der Waals surface area contributed by atoms with Gasteiger partial charge in [0.05, 0.1) is 29.0 Å². The molecule has 160 valence electrons. The van der Waals surface area contributed by atoms with Crippen LogP contribution in [0.15, 0.2) is 53.6 Å². The van der Waals surface area contributed by atoms with E-state index in [4.69, 9.17) is 4.98 Å². The zero-order chi connectivity index (χ0) is 22.4. The molecular formula is C22H17F2N7O. The van der Waals surface area contributed by atoms with Gasteiger partial charge in [0.25, 0.3) is 5.56 Å². The Labute approximate surface area is 180 Å². The molecule has 0 radical (unpaired) electrons. The Morgan fingerprint density at radius 2 is 1.84 bits per heavy atom. The van der Waals surface area contributed by atoms with Crippen LogP contribution in [0.2, 0.25) is 0 Å². The fourth-order valence-corrected chi connectivity index (χ4v) is 3.72. The van der Waals surface area contributed by atoms with Gasteiger partial charge < -0.3 is 10.3 Å². The van der Waals surface area contributed by atoms with Gasteiger partial charge in [-0.1, -0.05) is 12.1 Å². The van der Waals surface area contributed by atoms with Crippen molar-refractivity contribution >= 4 is 27.9 Å². The average Bonchev–Trinajstić information content (AvgIpc) is 3.23. The molecule has 5 aromatic rings. The number of halogens is 2. The van der Waals surface area contributed by atoms with Crippen molar-refractivity contribution in [3.8, 4) is 5.69 Å². The van der Waals surface area contributed by atoms with E-state index in [-0.39, 0.29) is 17.0 Å². The highest BCUT2D eigenvalue weighted by Crippen LogP contribution is 2.25. The molecule has 0 spiro atoms. The molecule has 0 bridgehead atoms. The lowest BCUT2D eigenvalue weighted by atomic mass is 10.1. The van der Waals surface area contributed by atoms with Crippen LogP contribution < -0.4 is 10.9 Å². The first-order chi connectivity index (χ1) is 15.4. The van der Waals surface area contributed by atoms with E-state index in [0.717, 1.165) is 5.56 Å². The number of imidazole rings is 1. The minimum absolute atomic E-state index is 0.172. The van der Waals surface area contributed by atoms with Gasteiger partial charge in [-0.25, -0.2) is 14.4 Å². The van der Waals surface area contributed by atoms with Gasteiger partial charge in [0.15, 0.2) is 11.5 Å². The van der Waals surface area contributed by atoms with Crippen LogP contribution in [0.5, 0.6) is 0 Å². The molecule has 0 amide bonds. The number of aryl methyl sites for hydroxylation is 1. The van der Waals surface area contributed by atoms with Crippen molar-refractivity contribution < 1.29 is 8.78 Å². The Balaban J connectivity index is 1.71. The minimum atomic E-state index is -0.933. The first-order valence-electron chi connectivity index (χ1n) is 9.84. The summed E-state index contributed by atoms with van der Waals surface area (Å²) in [6, 6.07) is 10.4. The van der Waals surface area contributed by atoms with Crippen LogP contribution in [-0.2, 0) is 0 Å². The maximum Gasteiger partial charge on any atom is 0.312 e. The Bertz CT molecular complexity index is 1530. The number of hydrogen-bond donors (Lipinski definition) is 2. The van der Waals surface area contributed by atoms with Gasteiger partial charge in [0.2, 0.25) is 0 Å². The number of fused-ring (bicyclic) bond motifs is 2. The van der Waals surface area contributed by atoms with Gasteiger partial charge in [0, 0.05) is 0 Å². The normalized spacial score (nSPS) is 12.4. The predicted molar refractivity (Wildman–Crippen MR) is 116 cm³/mol. The lowest BCUT2D eigenvalue weighted by Crippen LogP contribution is -2.28. The maximum absolute atomic E-state index is 13.9. The van der Waals surface area contributed by atoms with Crippen molar-refractivity contribution in [2.75, 3.05) is 5.32 Å². The smallest absolute Gasteiger partial charge is 0.312 e. The summed E-state index contributed by atoms with van der Waals surface area (Å²) in [4.78, 5) is 32.6. The van der Waals surface area contributed by atoms with Gasteiger partial charge in [-0.3, -0.25) is 9.36 Å². The summed E-state index contributed by atoms with van der Waals surface area (Å²) < 4.78 is 28.9. The second kappa shape index (κ2) is 7.49. The molecule has 3 heterocycles. The van der Waals surface area contributed by atoms with Crippen LogP contribution in [0.1, 0.15) is 24.4 Å². The SMILES string of the molecule is Cc1cccc2nc(C(C)Nc3nc(F)nc4nc[nH]c34)n(-c3ccc(F)cc3)c(=O)c12. The van der Waals surface area contributed by atoms with E-state index in [1.807, 2.05) is 19.1 Å². The fourth-order valence-electron chi connectivity index (χ4n) is 3.72. The standard InChI is InChI=1S/C22H17F2N7O/c1-11-4-3-5-15-16(11)21(32)31(14-8-6-13(23)7-9-14)20(28-15)12(2)27-19-17-18(26-10-25-17)29-22(24)30-19/h3-10,12H,1-2H3,(H2,25,26,27,29,30). The van der Waals surface area contributed by atoms with Crippen LogP contribution in [0.25, 0.3) is 27.8 Å². The Hall–Kier alpha value is -4.21. The number of hydrogen-bond acceptors (Lipinski definition) is 6. The number of H-pyrrole nitrogens is 1. The molecule has 0 fully saturated rings. The molecule has 2 aromatic carbocycles. The fraction of sp³-hybridized carbons (Fsp3) is 0.136. The highest BCUT2D eigenvalue weighted by molar-refractivity contribution is 5.83. The summed E-state index contributed by atoms with van der Waals surface area (Å²) in [6.07, 6.45) is 0.456. The molecule has 1 atom stereocenters. The van der Waals surface area contributed by atoms with E-state index in [9.17, 15) is 13.6 Å². The van der Waals surface area contributed by atoms with Crippen LogP contribution in [0.3, 0.4) is 0 Å². The zero-order valence-electron chi connectivity index (χ0n) is 17.1. The topological polar surface area (TPSA) is 101 Å². The third-order valence-electron chi connectivity index (χ3n) is 5.22. The molecule has 3 aromatic heterocycles. The van der Waals surface area contributed by atoms with Gasteiger partial charge in [0.1, 0.15) is 17.2 Å². The van der Waals surface area contributed by atoms with E-state index in [1.165, 1.54) is 35.2 Å². The number of aromatic amines is 1. The summed E-state index contributed by atoms with van der Waals surface area (Å²) >= 11 is 0. The van der Waals surface area contributed by atoms with E-state index in [2.05, 4.69) is 25.3 Å². The summed E-state index contributed by atoms with van der Waals surface area (Å²) in [5.41, 5.74) is 2.07. The second-order valence-electron chi connectivity index (χ2n) is 7.36. The second-order valence-corrected chi connectivity index (χ2v) is 7.36. The number of aromatic nitrogens is 6. The van der Waals surface area contributed by atoms with E-state index >= 15 is 0 Å². The molecule has 5 rings (SSSR count). The van der Waals surface area contributed by atoms with Gasteiger partial charge in [-0.15, -0.1) is 0 Å². The van der Waals surface area contributed by atoms with Gasteiger partial charge in [-0.05, 0) is 49.7 Å². The number of rotatable bonds is 4. The molecular weight excluding hydrogens is 416 g/mol. The molecule has 0 saturated heterocycles. The Kier molecular flexibility index (Phi) is 4.62. The van der Waals surface area contributed by atoms with Crippen molar-refractivity contribution in [3.05, 3.63) is 82.4 Å². The van der Waals surface area contributed by atoms with Crippen LogP contribution in [-0.4, -0.2) is 29.5 Å². The number of benzene rings is 2. The monoisotopic (exact) mass is 433 g/mol. The van der Waals surface area contributed by atoms with Crippen molar-refractivity contribution in [1.29, 1.82) is 0 Å². The van der Waals surface area contributed by atoms with Crippen molar-refractivity contribution in [2.24, 2.45) is 0 Å². The van der Waals surface area contributed by atoms with Gasteiger partial charge >= 0.3 is 6.08 Å². The van der Waals surface area contributed by atoms with E-state index in [0.29, 0.717) is 27.9 Å². The quantitative estimate of drug-likeness (QED) is 0.418. The molecule has 1 unspecified atom stereocenters. The average molecular weight is 433 g/mol. The van der Waals surface area contributed by atoms with E-state index < -0.39 is 17.9 Å². The van der Waals surface area contributed by atoms with Crippen LogP contribution in [0, 0.1) is 18.8 Å². The largest absolute Gasteiger partial charge is 0.358 e. The first kappa shape index (κ1) is 19.7. The van der Waals surface area contributed by atoms with E-state index in [1.54, 1.807) is 13.0 Å². The molecule has 8 nitrogen and oxygen atoms in total. The van der Waals surface area contributed by atoms with Crippen molar-refractivity contribution in [3.63, 3.8) is 0 Å². The van der Waals surface area contributed by atoms with Crippen LogP contribution >= 0.6 is 0 Å². The molecule has 10 heteroatoms. The molecule has 0 aliphatic rings. The predicted octanol–water partition coefficient (Wildman–Crippen LogP) is 3.81. The molecule has 0 aliphatic carbocycles. The minimum Gasteiger partial charge on any atom is -0.358 e. The number of anilines is 1. The highest BCUT2D eigenvalue weighted by Gasteiger charge is 2.21. The number of nitrogens with zero attached hydrogens (tertiary/aromatic N) is 5. The molecule has 32 heavy (non-hydrogen) atoms. The molecule has 2 N–H and O–H groups in total. The highest BCUT2D eigenvalue weighted by atomic mass is 19.1. The summed E-state index contributed by atoms with van der Waals surface area (Å²) in [6.45, 7) is 3.60. The molecule has 0 saturated carbocycles. The molecule has 0 aliphatic heterocycles. The summed E-state index contributed by atoms with van der Waals surface area (Å²) in [5.74, 6) is 0.116. The Morgan fingerprint density at radius 3 is 2.62 bits per heavy atom. The summed E-state index contributed by atoms with van der Waals surface area (Å²) in [7, 11) is 0. The lowest BCUT2D eigenvalue weighted by Gasteiger charge is -2.20. The van der Waals surface area contributed by atoms with Crippen LogP contribution in [0.4, 0.5) is 14.6 Å². The third kappa shape index (κ3) is 3.25. The Morgan fingerprint density at radius 1 is 1.06 bits per heavy atom.